The molecule has 3 unspecified atom stereocenters. The van der Waals surface area contributed by atoms with E-state index in [1.807, 2.05) is 0 Å². The molecule has 90 valence electrons. The minimum absolute atomic E-state index is 0.392. The maximum absolute atomic E-state index is 5.67. The summed E-state index contributed by atoms with van der Waals surface area (Å²) in [4.78, 5) is 0. The second-order valence-electron chi connectivity index (χ2n) is 4.81. The first-order valence-electron chi connectivity index (χ1n) is 6.01. The summed E-state index contributed by atoms with van der Waals surface area (Å²) in [6, 6.07) is 0.851. The van der Waals surface area contributed by atoms with Gasteiger partial charge in [0.2, 0.25) is 0 Å². The summed E-state index contributed by atoms with van der Waals surface area (Å²) < 4.78 is 10.9. The zero-order chi connectivity index (χ0) is 11.3. The molecule has 1 heterocycles. The van der Waals surface area contributed by atoms with E-state index in [4.69, 9.17) is 9.47 Å². The Morgan fingerprint density at radius 2 is 2.13 bits per heavy atom. The highest BCUT2D eigenvalue weighted by molar-refractivity contribution is 4.81. The van der Waals surface area contributed by atoms with Gasteiger partial charge in [-0.2, -0.15) is 0 Å². The Balaban J connectivity index is 2.35. The van der Waals surface area contributed by atoms with Crippen LogP contribution >= 0.6 is 0 Å². The summed E-state index contributed by atoms with van der Waals surface area (Å²) in [5.74, 6) is 0.591. The summed E-state index contributed by atoms with van der Waals surface area (Å²) in [5.41, 5.74) is 0. The fourth-order valence-electron chi connectivity index (χ4n) is 2.05. The highest BCUT2D eigenvalue weighted by Crippen LogP contribution is 2.16. The van der Waals surface area contributed by atoms with Gasteiger partial charge in [-0.1, -0.05) is 13.8 Å². The normalized spacial score (nSPS) is 25.8. The molecule has 0 amide bonds. The van der Waals surface area contributed by atoms with Crippen LogP contribution in [0.15, 0.2) is 0 Å². The van der Waals surface area contributed by atoms with E-state index in [-0.39, 0.29) is 0 Å². The van der Waals surface area contributed by atoms with Gasteiger partial charge < -0.3 is 14.8 Å². The van der Waals surface area contributed by atoms with Crippen molar-refractivity contribution in [3.8, 4) is 0 Å². The first kappa shape index (κ1) is 12.9. The second kappa shape index (κ2) is 6.46. The highest BCUT2D eigenvalue weighted by Gasteiger charge is 2.25. The van der Waals surface area contributed by atoms with E-state index in [9.17, 15) is 0 Å². The molecule has 1 N–H and O–H groups in total. The number of hydrogen-bond acceptors (Lipinski definition) is 3. The number of methoxy groups -OCH3 is 1. The maximum atomic E-state index is 5.67. The van der Waals surface area contributed by atoms with Gasteiger partial charge in [-0.15, -0.1) is 0 Å². The van der Waals surface area contributed by atoms with Crippen molar-refractivity contribution in [2.45, 2.75) is 51.8 Å². The number of nitrogens with one attached hydrogen (secondary N) is 1. The third kappa shape index (κ3) is 4.09. The molecule has 3 nitrogen and oxygen atoms in total. The average Bonchev–Trinajstić information content (AvgIpc) is 2.69. The second-order valence-corrected chi connectivity index (χ2v) is 4.81. The van der Waals surface area contributed by atoms with Crippen molar-refractivity contribution >= 4 is 0 Å². The van der Waals surface area contributed by atoms with Crippen LogP contribution in [0, 0.1) is 5.92 Å². The molecule has 1 rings (SSSR count). The Kier molecular flexibility index (Phi) is 5.58. The SMILES string of the molecule is COCC(NC(C)C1CCCO1)C(C)C. The molecule has 0 saturated carbocycles. The Labute approximate surface area is 93.5 Å². The topological polar surface area (TPSA) is 30.5 Å². The lowest BCUT2D eigenvalue weighted by molar-refractivity contribution is 0.0663. The van der Waals surface area contributed by atoms with Gasteiger partial charge in [0.25, 0.3) is 0 Å². The molecule has 1 aliphatic heterocycles. The smallest absolute Gasteiger partial charge is 0.0726 e. The molecular formula is C12H25NO2. The molecule has 0 radical (unpaired) electrons. The van der Waals surface area contributed by atoms with E-state index in [1.165, 1.54) is 12.8 Å². The summed E-state index contributed by atoms with van der Waals surface area (Å²) >= 11 is 0. The molecule has 3 atom stereocenters. The molecule has 3 heteroatoms. The van der Waals surface area contributed by atoms with Gasteiger partial charge in [0.1, 0.15) is 0 Å². The van der Waals surface area contributed by atoms with Crippen molar-refractivity contribution in [1.82, 2.24) is 5.32 Å². The van der Waals surface area contributed by atoms with Crippen LogP contribution in [-0.2, 0) is 9.47 Å². The Hall–Kier alpha value is -0.120. The van der Waals surface area contributed by atoms with E-state index in [1.54, 1.807) is 7.11 Å². The van der Waals surface area contributed by atoms with Crippen LogP contribution in [0.2, 0.25) is 0 Å². The Bertz CT molecular complexity index is 167. The third-order valence-electron chi connectivity index (χ3n) is 3.15. The molecule has 0 spiro atoms. The van der Waals surface area contributed by atoms with Crippen molar-refractivity contribution in [3.05, 3.63) is 0 Å². The number of hydrogen-bond donors (Lipinski definition) is 1. The lowest BCUT2D eigenvalue weighted by Crippen LogP contribution is -2.47. The van der Waals surface area contributed by atoms with E-state index in [2.05, 4.69) is 26.1 Å². The molecule has 15 heavy (non-hydrogen) atoms. The van der Waals surface area contributed by atoms with Gasteiger partial charge >= 0.3 is 0 Å². The molecular weight excluding hydrogens is 190 g/mol. The van der Waals surface area contributed by atoms with Gasteiger partial charge in [-0.25, -0.2) is 0 Å². The number of rotatable bonds is 6. The fourth-order valence-corrected chi connectivity index (χ4v) is 2.05. The summed E-state index contributed by atoms with van der Waals surface area (Å²) in [7, 11) is 1.76. The van der Waals surface area contributed by atoms with E-state index in [0.717, 1.165) is 13.2 Å². The predicted octanol–water partition coefficient (Wildman–Crippen LogP) is 1.81. The van der Waals surface area contributed by atoms with Crippen molar-refractivity contribution in [2.24, 2.45) is 5.92 Å². The standard InChI is InChI=1S/C12H25NO2/c1-9(2)11(8-14-4)13-10(3)12-6-5-7-15-12/h9-13H,5-8H2,1-4H3. The highest BCUT2D eigenvalue weighted by atomic mass is 16.5. The largest absolute Gasteiger partial charge is 0.383 e. The maximum Gasteiger partial charge on any atom is 0.0726 e. The van der Waals surface area contributed by atoms with Crippen LogP contribution in [0.3, 0.4) is 0 Å². The zero-order valence-corrected chi connectivity index (χ0v) is 10.5. The molecule has 0 aliphatic carbocycles. The van der Waals surface area contributed by atoms with Crippen LogP contribution < -0.4 is 5.32 Å². The monoisotopic (exact) mass is 215 g/mol. The first-order valence-corrected chi connectivity index (χ1v) is 6.01. The van der Waals surface area contributed by atoms with Gasteiger partial charge in [0.05, 0.1) is 12.7 Å². The minimum atomic E-state index is 0.392. The van der Waals surface area contributed by atoms with Crippen LogP contribution in [-0.4, -0.2) is 38.5 Å². The lowest BCUT2D eigenvalue weighted by Gasteiger charge is -2.28. The molecule has 0 bridgehead atoms. The predicted molar refractivity (Wildman–Crippen MR) is 62.1 cm³/mol. The molecule has 0 aromatic carbocycles. The van der Waals surface area contributed by atoms with Gasteiger partial charge in [0, 0.05) is 25.8 Å². The van der Waals surface area contributed by atoms with Gasteiger partial charge in [-0.05, 0) is 25.7 Å². The third-order valence-corrected chi connectivity index (χ3v) is 3.15. The quantitative estimate of drug-likeness (QED) is 0.733. The van der Waals surface area contributed by atoms with Crippen LogP contribution in [0.4, 0.5) is 0 Å². The molecule has 1 aliphatic rings. The average molecular weight is 215 g/mol. The molecule has 1 saturated heterocycles. The van der Waals surface area contributed by atoms with Crippen LogP contribution in [0.25, 0.3) is 0 Å². The first-order chi connectivity index (χ1) is 7.15. The van der Waals surface area contributed by atoms with Gasteiger partial charge in [0.15, 0.2) is 0 Å². The lowest BCUT2D eigenvalue weighted by atomic mass is 10.0. The molecule has 1 fully saturated rings. The number of ether oxygens (including phenoxy) is 2. The van der Waals surface area contributed by atoms with E-state index in [0.29, 0.717) is 24.1 Å². The fraction of sp³-hybridized carbons (Fsp3) is 1.00. The van der Waals surface area contributed by atoms with Crippen molar-refractivity contribution in [2.75, 3.05) is 20.3 Å². The summed E-state index contributed by atoms with van der Waals surface area (Å²) in [6.07, 6.45) is 2.78. The van der Waals surface area contributed by atoms with Crippen LogP contribution in [0.1, 0.15) is 33.6 Å². The van der Waals surface area contributed by atoms with Crippen LogP contribution in [0.5, 0.6) is 0 Å². The van der Waals surface area contributed by atoms with Crippen molar-refractivity contribution < 1.29 is 9.47 Å². The molecule has 0 aromatic heterocycles. The zero-order valence-electron chi connectivity index (χ0n) is 10.5. The van der Waals surface area contributed by atoms with Crippen molar-refractivity contribution in [3.63, 3.8) is 0 Å². The molecule has 0 aromatic rings. The van der Waals surface area contributed by atoms with Gasteiger partial charge in [-0.3, -0.25) is 0 Å². The summed E-state index contributed by atoms with van der Waals surface area (Å²) in [6.45, 7) is 8.35. The minimum Gasteiger partial charge on any atom is -0.383 e. The Morgan fingerprint density at radius 3 is 2.60 bits per heavy atom. The summed E-state index contributed by atoms with van der Waals surface area (Å²) in [5, 5.41) is 3.61. The Morgan fingerprint density at radius 1 is 1.40 bits per heavy atom. The van der Waals surface area contributed by atoms with E-state index < -0.39 is 0 Å². The van der Waals surface area contributed by atoms with E-state index >= 15 is 0 Å². The van der Waals surface area contributed by atoms with Crippen molar-refractivity contribution in [1.29, 1.82) is 0 Å².